The molecule has 0 saturated heterocycles. The van der Waals surface area contributed by atoms with Gasteiger partial charge < -0.3 is 5.11 Å². The molecule has 1 N–H and O–H groups in total. The number of hydrogen-bond donors (Lipinski definition) is 1. The number of aromatic hydroxyl groups is 1. The molecule has 72 valence electrons. The topological polar surface area (TPSA) is 41.7 Å². The Morgan fingerprint density at radius 3 is 2.79 bits per heavy atom. The molecule has 0 spiro atoms. The fourth-order valence-corrected chi connectivity index (χ4v) is 2.06. The van der Waals surface area contributed by atoms with Crippen LogP contribution in [0.25, 0.3) is 5.52 Å². The monoisotopic (exact) mass is 253 g/mol. The predicted octanol–water partition coefficient (Wildman–Crippen LogP) is 2.08. The summed E-state index contributed by atoms with van der Waals surface area (Å²) in [5.74, 6) is -0.0143. The van der Waals surface area contributed by atoms with E-state index in [1.54, 1.807) is 12.3 Å². The molecule has 2 rings (SSSR count). The zero-order chi connectivity index (χ0) is 10.3. The highest BCUT2D eigenvalue weighted by atomic mass is 79.9. The van der Waals surface area contributed by atoms with Crippen molar-refractivity contribution in [3.05, 3.63) is 44.8 Å². The van der Waals surface area contributed by atoms with Gasteiger partial charge >= 0.3 is 0 Å². The summed E-state index contributed by atoms with van der Waals surface area (Å²) in [5, 5.41) is 9.27. The van der Waals surface area contributed by atoms with Crippen molar-refractivity contribution in [2.75, 3.05) is 0 Å². The summed E-state index contributed by atoms with van der Waals surface area (Å²) >= 11 is 3.35. The molecule has 0 aliphatic heterocycles. The van der Waals surface area contributed by atoms with Crippen molar-refractivity contribution >= 4 is 21.4 Å². The zero-order valence-corrected chi connectivity index (χ0v) is 9.08. The van der Waals surface area contributed by atoms with E-state index in [0.717, 1.165) is 10.0 Å². The van der Waals surface area contributed by atoms with E-state index in [0.29, 0.717) is 5.52 Å². The van der Waals surface area contributed by atoms with E-state index in [1.807, 2.05) is 13.0 Å². The van der Waals surface area contributed by atoms with Gasteiger partial charge in [-0.1, -0.05) is 0 Å². The maximum atomic E-state index is 11.5. The zero-order valence-electron chi connectivity index (χ0n) is 7.49. The Kier molecular flexibility index (Phi) is 2.07. The predicted molar refractivity (Wildman–Crippen MR) is 57.8 cm³/mol. The van der Waals surface area contributed by atoms with Crippen molar-refractivity contribution in [3.63, 3.8) is 0 Å². The van der Waals surface area contributed by atoms with Crippen molar-refractivity contribution in [3.8, 4) is 5.75 Å². The van der Waals surface area contributed by atoms with Crippen LogP contribution in [0.2, 0.25) is 0 Å². The van der Waals surface area contributed by atoms with Gasteiger partial charge in [0.15, 0.2) is 0 Å². The summed E-state index contributed by atoms with van der Waals surface area (Å²) in [6.07, 6.45) is 1.74. The minimum absolute atomic E-state index is 0.0143. The standard InChI is InChI=1S/C10H8BrNO2/c1-6-2-8(11)9-3-7(13)4-10(14)12(9)5-6/h2-5,13H,1H3. The Morgan fingerprint density at radius 2 is 2.07 bits per heavy atom. The van der Waals surface area contributed by atoms with Crippen LogP contribution >= 0.6 is 15.9 Å². The van der Waals surface area contributed by atoms with Crippen LogP contribution < -0.4 is 5.56 Å². The van der Waals surface area contributed by atoms with Crippen LogP contribution in [0.3, 0.4) is 0 Å². The number of aromatic nitrogens is 1. The second-order valence-electron chi connectivity index (χ2n) is 3.17. The maximum absolute atomic E-state index is 11.5. The summed E-state index contributed by atoms with van der Waals surface area (Å²) in [7, 11) is 0. The quantitative estimate of drug-likeness (QED) is 0.781. The molecule has 2 aromatic rings. The number of halogens is 1. The third kappa shape index (κ3) is 1.42. The molecular formula is C10H8BrNO2. The minimum atomic E-state index is -0.232. The lowest BCUT2D eigenvalue weighted by Gasteiger charge is -2.04. The van der Waals surface area contributed by atoms with Gasteiger partial charge in [0.1, 0.15) is 5.75 Å². The van der Waals surface area contributed by atoms with Gasteiger partial charge in [0.25, 0.3) is 5.56 Å². The van der Waals surface area contributed by atoms with E-state index in [1.165, 1.54) is 10.5 Å². The second-order valence-corrected chi connectivity index (χ2v) is 4.03. The summed E-state index contributed by atoms with van der Waals surface area (Å²) in [6, 6.07) is 4.64. The van der Waals surface area contributed by atoms with Gasteiger partial charge in [0.05, 0.1) is 5.52 Å². The molecule has 2 heterocycles. The molecule has 4 heteroatoms. The van der Waals surface area contributed by atoms with Crippen LogP contribution in [-0.4, -0.2) is 9.51 Å². The van der Waals surface area contributed by atoms with Crippen LogP contribution in [0, 0.1) is 6.92 Å². The third-order valence-corrected chi connectivity index (χ3v) is 2.62. The Bertz CT molecular complexity index is 560. The number of hydrogen-bond acceptors (Lipinski definition) is 2. The Hall–Kier alpha value is -1.29. The fraction of sp³-hybridized carbons (Fsp3) is 0.100. The molecule has 0 aliphatic rings. The van der Waals surface area contributed by atoms with Gasteiger partial charge in [-0.3, -0.25) is 9.20 Å². The highest BCUT2D eigenvalue weighted by molar-refractivity contribution is 9.10. The van der Waals surface area contributed by atoms with E-state index in [9.17, 15) is 9.90 Å². The largest absolute Gasteiger partial charge is 0.508 e. The van der Waals surface area contributed by atoms with Crippen molar-refractivity contribution in [2.24, 2.45) is 0 Å². The van der Waals surface area contributed by atoms with Crippen LogP contribution in [0.15, 0.2) is 33.7 Å². The average Bonchev–Trinajstić information content (AvgIpc) is 2.07. The second kappa shape index (κ2) is 3.13. The molecule has 0 bridgehead atoms. The summed E-state index contributed by atoms with van der Waals surface area (Å²) in [5.41, 5.74) is 1.42. The van der Waals surface area contributed by atoms with E-state index >= 15 is 0 Å². The molecule has 14 heavy (non-hydrogen) atoms. The van der Waals surface area contributed by atoms with Gasteiger partial charge in [0, 0.05) is 22.8 Å². The van der Waals surface area contributed by atoms with Crippen LogP contribution in [-0.2, 0) is 0 Å². The smallest absolute Gasteiger partial charge is 0.258 e. The lowest BCUT2D eigenvalue weighted by atomic mass is 10.2. The number of pyridine rings is 2. The average molecular weight is 254 g/mol. The van der Waals surface area contributed by atoms with E-state index in [4.69, 9.17) is 0 Å². The first-order valence-electron chi connectivity index (χ1n) is 4.09. The summed E-state index contributed by atoms with van der Waals surface area (Å²) < 4.78 is 2.30. The summed E-state index contributed by atoms with van der Waals surface area (Å²) in [4.78, 5) is 11.5. The van der Waals surface area contributed by atoms with Crippen LogP contribution in [0.4, 0.5) is 0 Å². The lowest BCUT2D eigenvalue weighted by molar-refractivity contribution is 0.474. The first-order valence-corrected chi connectivity index (χ1v) is 4.89. The first kappa shape index (κ1) is 9.27. The lowest BCUT2D eigenvalue weighted by Crippen LogP contribution is -2.11. The number of rotatable bonds is 0. The van der Waals surface area contributed by atoms with Gasteiger partial charge in [-0.15, -0.1) is 0 Å². The normalized spacial score (nSPS) is 10.7. The SMILES string of the molecule is Cc1cc(Br)c2cc(O)cc(=O)n2c1. The van der Waals surface area contributed by atoms with Gasteiger partial charge in [-0.25, -0.2) is 0 Å². The van der Waals surface area contributed by atoms with Crippen molar-refractivity contribution in [1.82, 2.24) is 4.40 Å². The molecule has 0 fully saturated rings. The molecule has 2 aromatic heterocycles. The highest BCUT2D eigenvalue weighted by Crippen LogP contribution is 2.20. The van der Waals surface area contributed by atoms with Crippen molar-refractivity contribution in [1.29, 1.82) is 0 Å². The van der Waals surface area contributed by atoms with Crippen LogP contribution in [0.1, 0.15) is 5.56 Å². The summed E-state index contributed by atoms with van der Waals surface area (Å²) in [6.45, 7) is 1.91. The first-order chi connectivity index (χ1) is 6.58. The van der Waals surface area contributed by atoms with Gasteiger partial charge in [0.2, 0.25) is 0 Å². The molecule has 0 saturated carbocycles. The maximum Gasteiger partial charge on any atom is 0.258 e. The Morgan fingerprint density at radius 1 is 1.36 bits per heavy atom. The van der Waals surface area contributed by atoms with E-state index < -0.39 is 0 Å². The highest BCUT2D eigenvalue weighted by Gasteiger charge is 2.03. The fourth-order valence-electron chi connectivity index (χ4n) is 1.40. The van der Waals surface area contributed by atoms with E-state index in [-0.39, 0.29) is 11.3 Å². The van der Waals surface area contributed by atoms with Gasteiger partial charge in [-0.2, -0.15) is 0 Å². The number of nitrogens with zero attached hydrogens (tertiary/aromatic N) is 1. The molecule has 0 aromatic carbocycles. The molecule has 0 unspecified atom stereocenters. The molecule has 0 aliphatic carbocycles. The molecule has 0 atom stereocenters. The molecular weight excluding hydrogens is 246 g/mol. The van der Waals surface area contributed by atoms with Crippen LogP contribution in [0.5, 0.6) is 5.75 Å². The van der Waals surface area contributed by atoms with Crippen molar-refractivity contribution < 1.29 is 5.11 Å². The van der Waals surface area contributed by atoms with E-state index in [2.05, 4.69) is 15.9 Å². The molecule has 3 nitrogen and oxygen atoms in total. The Labute approximate surface area is 88.7 Å². The number of aryl methyl sites for hydroxylation is 1. The molecule has 0 amide bonds. The Balaban J connectivity index is 3.02. The van der Waals surface area contributed by atoms with Gasteiger partial charge in [-0.05, 0) is 34.5 Å². The number of fused-ring (bicyclic) bond motifs is 1. The molecule has 0 radical (unpaired) electrons. The van der Waals surface area contributed by atoms with Crippen molar-refractivity contribution in [2.45, 2.75) is 6.92 Å². The third-order valence-electron chi connectivity index (χ3n) is 1.98. The minimum Gasteiger partial charge on any atom is -0.508 e.